The number of benzene rings is 2. The van der Waals surface area contributed by atoms with Gasteiger partial charge in [-0.1, -0.05) is 23.8 Å². The minimum absolute atomic E-state index is 0.170. The normalized spacial score (nSPS) is 10.1. The fraction of sp³-hybridized carbons (Fsp3) is 0.0952. The SMILES string of the molecule is CC(=O)Nc1cccc(NC(=O)c2ccc(Nc3ccc(C)cc3)cn2)c1. The summed E-state index contributed by atoms with van der Waals surface area (Å²) in [5.41, 5.74) is 4.43. The monoisotopic (exact) mass is 360 g/mol. The summed E-state index contributed by atoms with van der Waals surface area (Å²) in [7, 11) is 0. The lowest BCUT2D eigenvalue weighted by atomic mass is 10.2. The Labute approximate surface area is 157 Å². The number of aromatic nitrogens is 1. The van der Waals surface area contributed by atoms with Crippen molar-refractivity contribution in [2.24, 2.45) is 0 Å². The van der Waals surface area contributed by atoms with E-state index in [1.165, 1.54) is 12.5 Å². The summed E-state index contributed by atoms with van der Waals surface area (Å²) in [5, 5.41) is 8.69. The van der Waals surface area contributed by atoms with Crippen LogP contribution in [0.4, 0.5) is 22.7 Å². The summed E-state index contributed by atoms with van der Waals surface area (Å²) in [5.74, 6) is -0.492. The number of carbonyl (C=O) groups excluding carboxylic acids is 2. The van der Waals surface area contributed by atoms with Crippen molar-refractivity contribution >= 4 is 34.6 Å². The summed E-state index contributed by atoms with van der Waals surface area (Å²) >= 11 is 0. The molecule has 0 aliphatic carbocycles. The van der Waals surface area contributed by atoms with Gasteiger partial charge in [0.05, 0.1) is 11.9 Å². The van der Waals surface area contributed by atoms with Gasteiger partial charge < -0.3 is 16.0 Å². The number of rotatable bonds is 5. The van der Waals surface area contributed by atoms with E-state index >= 15 is 0 Å². The molecule has 0 radical (unpaired) electrons. The Kier molecular flexibility index (Phi) is 5.47. The van der Waals surface area contributed by atoms with E-state index in [0.29, 0.717) is 17.1 Å². The van der Waals surface area contributed by atoms with Gasteiger partial charge in [0.2, 0.25) is 5.91 Å². The summed E-state index contributed by atoms with van der Waals surface area (Å²) < 4.78 is 0. The fourth-order valence-electron chi connectivity index (χ4n) is 2.48. The Morgan fingerprint density at radius 2 is 1.48 bits per heavy atom. The second-order valence-electron chi connectivity index (χ2n) is 6.14. The molecule has 136 valence electrons. The maximum Gasteiger partial charge on any atom is 0.274 e. The number of carbonyl (C=O) groups is 2. The number of aryl methyl sites for hydroxylation is 1. The van der Waals surface area contributed by atoms with E-state index in [9.17, 15) is 9.59 Å². The zero-order valence-electron chi connectivity index (χ0n) is 15.1. The van der Waals surface area contributed by atoms with Crippen LogP contribution in [0.25, 0.3) is 0 Å². The third-order valence-corrected chi connectivity index (χ3v) is 3.78. The molecule has 1 heterocycles. The van der Waals surface area contributed by atoms with Gasteiger partial charge in [-0.3, -0.25) is 9.59 Å². The topological polar surface area (TPSA) is 83.1 Å². The number of nitrogens with zero attached hydrogens (tertiary/aromatic N) is 1. The lowest BCUT2D eigenvalue weighted by Crippen LogP contribution is -2.14. The van der Waals surface area contributed by atoms with Gasteiger partial charge in [0, 0.05) is 24.0 Å². The maximum absolute atomic E-state index is 12.4. The lowest BCUT2D eigenvalue weighted by Gasteiger charge is -2.09. The van der Waals surface area contributed by atoms with Crippen molar-refractivity contribution in [2.75, 3.05) is 16.0 Å². The third kappa shape index (κ3) is 5.15. The molecule has 3 aromatic rings. The number of nitrogens with one attached hydrogen (secondary N) is 3. The lowest BCUT2D eigenvalue weighted by molar-refractivity contribution is -0.114. The van der Waals surface area contributed by atoms with Crippen LogP contribution in [-0.4, -0.2) is 16.8 Å². The quantitative estimate of drug-likeness (QED) is 0.632. The molecule has 0 bridgehead atoms. The average molecular weight is 360 g/mol. The zero-order chi connectivity index (χ0) is 19.2. The molecule has 0 spiro atoms. The van der Waals surface area contributed by atoms with Crippen molar-refractivity contribution in [1.29, 1.82) is 0 Å². The molecule has 0 aliphatic rings. The molecule has 0 fully saturated rings. The highest BCUT2D eigenvalue weighted by Gasteiger charge is 2.08. The van der Waals surface area contributed by atoms with Crippen LogP contribution < -0.4 is 16.0 Å². The molecule has 0 atom stereocenters. The van der Waals surface area contributed by atoms with Crippen molar-refractivity contribution in [2.45, 2.75) is 13.8 Å². The second-order valence-corrected chi connectivity index (χ2v) is 6.14. The van der Waals surface area contributed by atoms with Gasteiger partial charge in [0.25, 0.3) is 5.91 Å². The van der Waals surface area contributed by atoms with E-state index in [0.717, 1.165) is 11.4 Å². The highest BCUT2D eigenvalue weighted by atomic mass is 16.2. The standard InChI is InChI=1S/C21H20N4O2/c1-14-6-8-16(9-7-14)24-19-10-11-20(22-13-19)21(27)25-18-5-3-4-17(12-18)23-15(2)26/h3-13,24H,1-2H3,(H,23,26)(H,25,27). The van der Waals surface area contributed by atoms with Crippen LogP contribution in [0.15, 0.2) is 66.9 Å². The number of hydrogen-bond acceptors (Lipinski definition) is 4. The van der Waals surface area contributed by atoms with Crippen LogP contribution in [0.1, 0.15) is 23.0 Å². The predicted octanol–water partition coefficient (Wildman–Crippen LogP) is 4.34. The van der Waals surface area contributed by atoms with E-state index in [1.807, 2.05) is 31.2 Å². The van der Waals surface area contributed by atoms with Crippen LogP contribution in [0, 0.1) is 6.92 Å². The first-order valence-corrected chi connectivity index (χ1v) is 8.48. The molecule has 0 saturated heterocycles. The van der Waals surface area contributed by atoms with Gasteiger partial charge >= 0.3 is 0 Å². The van der Waals surface area contributed by atoms with Crippen molar-refractivity contribution < 1.29 is 9.59 Å². The number of hydrogen-bond donors (Lipinski definition) is 3. The van der Waals surface area contributed by atoms with E-state index in [2.05, 4.69) is 20.9 Å². The summed E-state index contributed by atoms with van der Waals surface area (Å²) in [4.78, 5) is 27.7. The van der Waals surface area contributed by atoms with Crippen molar-refractivity contribution in [3.63, 3.8) is 0 Å². The minimum atomic E-state index is -0.322. The summed E-state index contributed by atoms with van der Waals surface area (Å²) in [6, 6.07) is 18.4. The van der Waals surface area contributed by atoms with Gasteiger partial charge in [-0.05, 0) is 49.4 Å². The van der Waals surface area contributed by atoms with Crippen molar-refractivity contribution in [1.82, 2.24) is 4.98 Å². The van der Waals surface area contributed by atoms with E-state index in [1.54, 1.807) is 42.6 Å². The molecule has 6 nitrogen and oxygen atoms in total. The van der Waals surface area contributed by atoms with Gasteiger partial charge in [0.1, 0.15) is 5.69 Å². The molecule has 3 N–H and O–H groups in total. The Hall–Kier alpha value is -3.67. The first-order valence-electron chi connectivity index (χ1n) is 8.48. The Morgan fingerprint density at radius 1 is 0.815 bits per heavy atom. The van der Waals surface area contributed by atoms with E-state index in [-0.39, 0.29) is 11.8 Å². The van der Waals surface area contributed by atoms with Gasteiger partial charge in [-0.2, -0.15) is 0 Å². The molecule has 2 amide bonds. The molecule has 27 heavy (non-hydrogen) atoms. The number of pyridine rings is 1. The average Bonchev–Trinajstić information content (AvgIpc) is 2.64. The molecular formula is C21H20N4O2. The minimum Gasteiger partial charge on any atom is -0.354 e. The highest BCUT2D eigenvalue weighted by Crippen LogP contribution is 2.18. The maximum atomic E-state index is 12.4. The molecule has 6 heteroatoms. The van der Waals surface area contributed by atoms with Crippen LogP contribution >= 0.6 is 0 Å². The van der Waals surface area contributed by atoms with Gasteiger partial charge in [-0.15, -0.1) is 0 Å². The molecule has 1 aromatic heterocycles. The van der Waals surface area contributed by atoms with E-state index < -0.39 is 0 Å². The first-order chi connectivity index (χ1) is 13.0. The third-order valence-electron chi connectivity index (χ3n) is 3.78. The van der Waals surface area contributed by atoms with Gasteiger partial charge in [-0.25, -0.2) is 4.98 Å². The fourth-order valence-corrected chi connectivity index (χ4v) is 2.48. The smallest absolute Gasteiger partial charge is 0.274 e. The molecule has 0 aliphatic heterocycles. The molecular weight excluding hydrogens is 340 g/mol. The van der Waals surface area contributed by atoms with Gasteiger partial charge in [0.15, 0.2) is 0 Å². The molecule has 3 rings (SSSR count). The number of anilines is 4. The predicted molar refractivity (Wildman–Crippen MR) is 107 cm³/mol. The van der Waals surface area contributed by atoms with Crippen molar-refractivity contribution in [3.05, 3.63) is 78.1 Å². The first kappa shape index (κ1) is 18.1. The van der Waals surface area contributed by atoms with Crippen LogP contribution in [0.3, 0.4) is 0 Å². The molecule has 0 unspecified atom stereocenters. The number of amides is 2. The molecule has 0 saturated carbocycles. The van der Waals surface area contributed by atoms with E-state index in [4.69, 9.17) is 0 Å². The summed E-state index contributed by atoms with van der Waals surface area (Å²) in [6.45, 7) is 3.46. The second kappa shape index (κ2) is 8.14. The largest absolute Gasteiger partial charge is 0.354 e. The summed E-state index contributed by atoms with van der Waals surface area (Å²) in [6.07, 6.45) is 1.61. The Balaban J connectivity index is 1.65. The van der Waals surface area contributed by atoms with Crippen LogP contribution in [0.5, 0.6) is 0 Å². The van der Waals surface area contributed by atoms with Crippen molar-refractivity contribution in [3.8, 4) is 0 Å². The highest BCUT2D eigenvalue weighted by molar-refractivity contribution is 6.03. The van der Waals surface area contributed by atoms with Crippen LogP contribution in [0.2, 0.25) is 0 Å². The Bertz CT molecular complexity index is 951. The Morgan fingerprint density at radius 3 is 2.11 bits per heavy atom. The zero-order valence-corrected chi connectivity index (χ0v) is 15.1. The molecule has 2 aromatic carbocycles. The van der Waals surface area contributed by atoms with Crippen LogP contribution in [-0.2, 0) is 4.79 Å².